The average Bonchev–Trinajstić information content (AvgIpc) is 3.54. The van der Waals surface area contributed by atoms with E-state index in [-0.39, 0.29) is 24.7 Å². The van der Waals surface area contributed by atoms with Crippen LogP contribution in [0.25, 0.3) is 0 Å². The van der Waals surface area contributed by atoms with E-state index in [1.807, 2.05) is 42.5 Å². The molecule has 2 saturated heterocycles. The number of pyridine rings is 1. The second-order valence-electron chi connectivity index (χ2n) is 8.36. The number of nitrogens with zero attached hydrogens (tertiary/aromatic N) is 2. The Morgan fingerprint density at radius 1 is 1.16 bits per heavy atom. The first-order chi connectivity index (χ1) is 15.1. The predicted molar refractivity (Wildman–Crippen MR) is 108 cm³/mol. The standard InChI is InChI=1S/C23H21N3O5/c27-21(25-10-14-4-7-24-8-5-14)19-17-3-6-23(31-17)12-26(22(28)20(19)23)11-15-1-2-16-18(9-15)30-13-29-16/h1-9,17,19-20H,10-13H2,(H,25,27)/t17-,19-,20+,23-/m0/s1. The molecule has 31 heavy (non-hydrogen) atoms. The van der Waals surface area contributed by atoms with Gasteiger partial charge in [0, 0.05) is 25.5 Å². The second kappa shape index (κ2) is 6.81. The highest BCUT2D eigenvalue weighted by Gasteiger charge is 2.66. The Morgan fingerprint density at radius 2 is 2.00 bits per heavy atom. The van der Waals surface area contributed by atoms with Crippen LogP contribution in [0.5, 0.6) is 11.5 Å². The monoisotopic (exact) mass is 419 g/mol. The van der Waals surface area contributed by atoms with Crippen LogP contribution in [0, 0.1) is 11.8 Å². The first-order valence-electron chi connectivity index (χ1n) is 10.3. The van der Waals surface area contributed by atoms with Crippen molar-refractivity contribution in [3.05, 3.63) is 66.0 Å². The number of aromatic nitrogens is 1. The number of carbonyl (C=O) groups excluding carboxylic acids is 2. The quantitative estimate of drug-likeness (QED) is 0.737. The molecule has 4 atom stereocenters. The molecule has 8 nitrogen and oxygen atoms in total. The number of hydrogen-bond acceptors (Lipinski definition) is 6. The minimum atomic E-state index is -0.725. The van der Waals surface area contributed by atoms with Crippen LogP contribution in [-0.4, -0.2) is 46.7 Å². The molecule has 8 heteroatoms. The second-order valence-corrected chi connectivity index (χ2v) is 8.36. The molecule has 1 N–H and O–H groups in total. The van der Waals surface area contributed by atoms with E-state index >= 15 is 0 Å². The van der Waals surface area contributed by atoms with Gasteiger partial charge in [0.05, 0.1) is 24.5 Å². The molecule has 1 spiro atoms. The summed E-state index contributed by atoms with van der Waals surface area (Å²) in [7, 11) is 0. The van der Waals surface area contributed by atoms with Gasteiger partial charge >= 0.3 is 0 Å². The summed E-state index contributed by atoms with van der Waals surface area (Å²) in [5.74, 6) is 0.163. The van der Waals surface area contributed by atoms with Crippen molar-refractivity contribution in [2.75, 3.05) is 13.3 Å². The molecular formula is C23H21N3O5. The number of nitrogens with one attached hydrogen (secondary N) is 1. The van der Waals surface area contributed by atoms with Gasteiger partial charge in [-0.25, -0.2) is 0 Å². The first kappa shape index (κ1) is 18.4. The lowest BCUT2D eigenvalue weighted by molar-refractivity contribution is -0.137. The normalized spacial score (nSPS) is 29.5. The number of fused-ring (bicyclic) bond motifs is 2. The fourth-order valence-electron chi connectivity index (χ4n) is 5.08. The van der Waals surface area contributed by atoms with Crippen molar-refractivity contribution in [3.63, 3.8) is 0 Å². The summed E-state index contributed by atoms with van der Waals surface area (Å²) in [5.41, 5.74) is 1.18. The number of carbonyl (C=O) groups is 2. The summed E-state index contributed by atoms with van der Waals surface area (Å²) < 4.78 is 17.0. The summed E-state index contributed by atoms with van der Waals surface area (Å²) in [5, 5.41) is 2.97. The fraction of sp³-hybridized carbons (Fsp3) is 0.348. The average molecular weight is 419 g/mol. The fourth-order valence-corrected chi connectivity index (χ4v) is 5.08. The van der Waals surface area contributed by atoms with Crippen LogP contribution in [0.15, 0.2) is 54.9 Å². The molecule has 5 heterocycles. The van der Waals surface area contributed by atoms with Crippen molar-refractivity contribution in [1.82, 2.24) is 15.2 Å². The molecule has 0 unspecified atom stereocenters. The van der Waals surface area contributed by atoms with E-state index in [1.54, 1.807) is 17.3 Å². The predicted octanol–water partition coefficient (Wildman–Crippen LogP) is 1.41. The van der Waals surface area contributed by atoms with Gasteiger partial charge in [-0.3, -0.25) is 14.6 Å². The molecule has 1 aromatic carbocycles. The van der Waals surface area contributed by atoms with Crippen LogP contribution < -0.4 is 14.8 Å². The number of ether oxygens (including phenoxy) is 3. The molecule has 0 saturated carbocycles. The minimum absolute atomic E-state index is 0.0476. The Bertz CT molecular complexity index is 1090. The Morgan fingerprint density at radius 3 is 2.87 bits per heavy atom. The number of likely N-dealkylation sites (tertiary alicyclic amines) is 1. The van der Waals surface area contributed by atoms with Crippen molar-refractivity contribution in [2.45, 2.75) is 24.8 Å². The molecular weight excluding hydrogens is 398 g/mol. The number of hydrogen-bond donors (Lipinski definition) is 1. The van der Waals surface area contributed by atoms with E-state index in [2.05, 4.69) is 10.3 Å². The number of benzene rings is 1. The molecule has 0 radical (unpaired) electrons. The molecule has 6 rings (SSSR count). The third-order valence-electron chi connectivity index (χ3n) is 6.51. The third-order valence-corrected chi connectivity index (χ3v) is 6.51. The SMILES string of the molecule is O=C(NCc1ccncc1)[C@H]1[C@@H]2C=C[C@@]3(CN(Cc4ccc5c(c4)OCO5)C(=O)[C@@H]13)O2. The maximum atomic E-state index is 13.4. The van der Waals surface area contributed by atoms with Gasteiger partial charge in [0.2, 0.25) is 18.6 Å². The minimum Gasteiger partial charge on any atom is -0.454 e. The summed E-state index contributed by atoms with van der Waals surface area (Å²) in [6.07, 6.45) is 6.90. The highest BCUT2D eigenvalue weighted by atomic mass is 16.7. The summed E-state index contributed by atoms with van der Waals surface area (Å²) in [6, 6.07) is 9.39. The van der Waals surface area contributed by atoms with E-state index in [9.17, 15) is 9.59 Å². The summed E-state index contributed by atoms with van der Waals surface area (Å²) >= 11 is 0. The first-order valence-corrected chi connectivity index (χ1v) is 10.3. The van der Waals surface area contributed by atoms with Gasteiger partial charge in [0.25, 0.3) is 0 Å². The van der Waals surface area contributed by atoms with Crippen LogP contribution in [0.2, 0.25) is 0 Å². The Balaban J connectivity index is 1.19. The van der Waals surface area contributed by atoms with Crippen LogP contribution in [0.3, 0.4) is 0 Å². The van der Waals surface area contributed by atoms with Crippen molar-refractivity contribution >= 4 is 11.8 Å². The van der Waals surface area contributed by atoms with E-state index < -0.39 is 17.4 Å². The van der Waals surface area contributed by atoms with Gasteiger partial charge < -0.3 is 24.4 Å². The van der Waals surface area contributed by atoms with Crippen molar-refractivity contribution in [1.29, 1.82) is 0 Å². The third kappa shape index (κ3) is 2.90. The van der Waals surface area contributed by atoms with E-state index in [1.165, 1.54) is 0 Å². The molecule has 158 valence electrons. The van der Waals surface area contributed by atoms with Crippen molar-refractivity contribution < 1.29 is 23.8 Å². The van der Waals surface area contributed by atoms with Crippen LogP contribution >= 0.6 is 0 Å². The van der Waals surface area contributed by atoms with Crippen LogP contribution in [-0.2, 0) is 27.4 Å². The number of amides is 2. The van der Waals surface area contributed by atoms with E-state index in [0.29, 0.717) is 31.1 Å². The van der Waals surface area contributed by atoms with Crippen LogP contribution in [0.1, 0.15) is 11.1 Å². The lowest BCUT2D eigenvalue weighted by atomic mass is 9.77. The Hall–Kier alpha value is -3.39. The molecule has 0 aliphatic carbocycles. The summed E-state index contributed by atoms with van der Waals surface area (Å²) in [6.45, 7) is 1.47. The van der Waals surface area contributed by atoms with E-state index in [4.69, 9.17) is 14.2 Å². The van der Waals surface area contributed by atoms with Gasteiger partial charge in [-0.2, -0.15) is 0 Å². The maximum Gasteiger partial charge on any atom is 0.231 e. The Labute approximate surface area is 178 Å². The van der Waals surface area contributed by atoms with Crippen LogP contribution in [0.4, 0.5) is 0 Å². The molecule has 2 amide bonds. The van der Waals surface area contributed by atoms with E-state index in [0.717, 1.165) is 11.1 Å². The lowest BCUT2D eigenvalue weighted by Crippen LogP contribution is -2.43. The molecule has 2 fully saturated rings. The summed E-state index contributed by atoms with van der Waals surface area (Å²) in [4.78, 5) is 32.2. The smallest absolute Gasteiger partial charge is 0.231 e. The van der Waals surface area contributed by atoms with Gasteiger partial charge in [0.1, 0.15) is 5.60 Å². The largest absolute Gasteiger partial charge is 0.454 e. The molecule has 1 aromatic heterocycles. The van der Waals surface area contributed by atoms with Gasteiger partial charge in [-0.05, 0) is 35.4 Å². The highest BCUT2D eigenvalue weighted by molar-refractivity contribution is 5.93. The van der Waals surface area contributed by atoms with Crippen molar-refractivity contribution in [3.8, 4) is 11.5 Å². The molecule has 2 aromatic rings. The van der Waals surface area contributed by atoms with Gasteiger partial charge in [-0.1, -0.05) is 18.2 Å². The zero-order chi connectivity index (χ0) is 21.0. The molecule has 4 aliphatic heterocycles. The number of rotatable bonds is 5. The highest BCUT2D eigenvalue weighted by Crippen LogP contribution is 2.52. The topological polar surface area (TPSA) is 90.0 Å². The maximum absolute atomic E-state index is 13.4. The zero-order valence-corrected chi connectivity index (χ0v) is 16.7. The molecule has 2 bridgehead atoms. The van der Waals surface area contributed by atoms with Gasteiger partial charge in [-0.15, -0.1) is 0 Å². The Kier molecular flexibility index (Phi) is 4.04. The lowest BCUT2D eigenvalue weighted by Gasteiger charge is -2.23. The van der Waals surface area contributed by atoms with Crippen molar-refractivity contribution in [2.24, 2.45) is 11.8 Å². The van der Waals surface area contributed by atoms with Gasteiger partial charge in [0.15, 0.2) is 11.5 Å². The molecule has 4 aliphatic rings. The zero-order valence-electron chi connectivity index (χ0n) is 16.7.